The summed E-state index contributed by atoms with van der Waals surface area (Å²) in [6.45, 7) is 9.17. The molecule has 0 saturated carbocycles. The Morgan fingerprint density at radius 2 is 1.84 bits per heavy atom. The van der Waals surface area contributed by atoms with Crippen molar-refractivity contribution < 1.29 is 0 Å². The van der Waals surface area contributed by atoms with Crippen molar-refractivity contribution in [2.45, 2.75) is 51.1 Å². The van der Waals surface area contributed by atoms with E-state index in [1.54, 1.807) is 0 Å². The van der Waals surface area contributed by atoms with E-state index in [2.05, 4.69) is 44.6 Å². The molecule has 0 atom stereocenters. The molecule has 0 spiro atoms. The molecule has 31 heavy (non-hydrogen) atoms. The van der Waals surface area contributed by atoms with Crippen molar-refractivity contribution >= 4 is 35.6 Å². The van der Waals surface area contributed by atoms with Crippen LogP contribution in [0, 0.1) is 0 Å². The van der Waals surface area contributed by atoms with Gasteiger partial charge in [0.1, 0.15) is 6.54 Å². The largest absolute Gasteiger partial charge is 0.357 e. The van der Waals surface area contributed by atoms with Crippen LogP contribution >= 0.6 is 24.0 Å². The topological polar surface area (TPSA) is 73.1 Å². The maximum absolute atomic E-state index is 4.82. The van der Waals surface area contributed by atoms with Crippen LogP contribution in [0.4, 0.5) is 0 Å². The Bertz CT molecular complexity index is 837. The molecule has 0 radical (unpaired) electrons. The zero-order chi connectivity index (χ0) is 20.8. The first-order chi connectivity index (χ1) is 14.7. The van der Waals surface area contributed by atoms with Gasteiger partial charge in [0, 0.05) is 24.8 Å². The summed E-state index contributed by atoms with van der Waals surface area (Å²) in [5, 5.41) is 15.6. The molecule has 0 amide bonds. The number of halogens is 1. The summed E-state index contributed by atoms with van der Waals surface area (Å²) in [4.78, 5) is 10.0. The molecule has 4 heterocycles. The van der Waals surface area contributed by atoms with Gasteiger partial charge in [0.25, 0.3) is 0 Å². The summed E-state index contributed by atoms with van der Waals surface area (Å²) in [6, 6.07) is 5.94. The first-order valence-electron chi connectivity index (χ1n) is 11.4. The Morgan fingerprint density at radius 3 is 2.58 bits per heavy atom. The van der Waals surface area contributed by atoms with E-state index in [0.29, 0.717) is 6.54 Å². The highest BCUT2D eigenvalue weighted by Gasteiger charge is 2.39. The predicted molar refractivity (Wildman–Crippen MR) is 136 cm³/mol. The number of nitrogens with zero attached hydrogens (tertiary/aromatic N) is 6. The molecule has 0 aromatic carbocycles. The van der Waals surface area contributed by atoms with Gasteiger partial charge in [0.2, 0.25) is 0 Å². The summed E-state index contributed by atoms with van der Waals surface area (Å²) < 4.78 is 2.00. The molecule has 0 aliphatic carbocycles. The van der Waals surface area contributed by atoms with Gasteiger partial charge in [0.15, 0.2) is 17.4 Å². The number of piperidine rings is 2. The Labute approximate surface area is 202 Å². The predicted octanol–water partition coefficient (Wildman–Crippen LogP) is 2.35. The van der Waals surface area contributed by atoms with Crippen molar-refractivity contribution in [1.29, 1.82) is 0 Å². The Morgan fingerprint density at radius 1 is 1.06 bits per heavy atom. The van der Waals surface area contributed by atoms with Crippen LogP contribution in [0.2, 0.25) is 0 Å². The quantitative estimate of drug-likeness (QED) is 0.333. The summed E-state index contributed by atoms with van der Waals surface area (Å²) >= 11 is 0. The maximum Gasteiger partial charge on any atom is 0.191 e. The second-order valence-corrected chi connectivity index (χ2v) is 8.67. The molecule has 2 saturated heterocycles. The molecule has 2 N–H and O–H groups in total. The van der Waals surface area contributed by atoms with E-state index in [-0.39, 0.29) is 29.5 Å². The SMILES string of the molecule is CCNC(=NCc1nnc2ccccn12)NCC1(N2CCCCC2)CCN(C)CC1.I. The van der Waals surface area contributed by atoms with E-state index < -0.39 is 0 Å². The second-order valence-electron chi connectivity index (χ2n) is 8.67. The number of fused-ring (bicyclic) bond motifs is 1. The fourth-order valence-corrected chi connectivity index (χ4v) is 4.75. The number of aliphatic imine (C=N–C) groups is 1. The van der Waals surface area contributed by atoms with Crippen LogP contribution in [0.1, 0.15) is 44.9 Å². The first-order valence-corrected chi connectivity index (χ1v) is 11.4. The minimum atomic E-state index is 0. The normalized spacial score (nSPS) is 20.4. The number of aromatic nitrogens is 3. The number of pyridine rings is 1. The molecule has 4 rings (SSSR count). The Balaban J connectivity index is 0.00000272. The third kappa shape index (κ3) is 5.87. The highest BCUT2D eigenvalue weighted by atomic mass is 127. The van der Waals surface area contributed by atoms with E-state index in [1.807, 2.05) is 28.8 Å². The number of hydrogen-bond donors (Lipinski definition) is 2. The van der Waals surface area contributed by atoms with Crippen molar-refractivity contribution in [1.82, 2.24) is 35.0 Å². The minimum absolute atomic E-state index is 0. The molecule has 172 valence electrons. The number of guanidine groups is 1. The van der Waals surface area contributed by atoms with Crippen LogP contribution in [0.15, 0.2) is 29.4 Å². The number of nitrogens with one attached hydrogen (secondary N) is 2. The molecule has 2 aliphatic rings. The van der Waals surface area contributed by atoms with Crippen molar-refractivity contribution in [3.63, 3.8) is 0 Å². The van der Waals surface area contributed by atoms with E-state index in [9.17, 15) is 0 Å². The zero-order valence-electron chi connectivity index (χ0n) is 18.9. The summed E-state index contributed by atoms with van der Waals surface area (Å²) in [6.07, 6.45) is 8.44. The third-order valence-electron chi connectivity index (χ3n) is 6.64. The molecule has 2 aromatic heterocycles. The van der Waals surface area contributed by atoms with Crippen molar-refractivity contribution in [3.8, 4) is 0 Å². The van der Waals surface area contributed by atoms with E-state index in [0.717, 1.165) is 43.6 Å². The van der Waals surface area contributed by atoms with E-state index in [4.69, 9.17) is 4.99 Å². The fraction of sp³-hybridized carbons (Fsp3) is 0.682. The molecular weight excluding hydrogens is 503 g/mol. The van der Waals surface area contributed by atoms with E-state index >= 15 is 0 Å². The van der Waals surface area contributed by atoms with Gasteiger partial charge in [-0.3, -0.25) is 9.30 Å². The highest BCUT2D eigenvalue weighted by molar-refractivity contribution is 14.0. The van der Waals surface area contributed by atoms with Gasteiger partial charge in [-0.2, -0.15) is 0 Å². The van der Waals surface area contributed by atoms with Gasteiger partial charge >= 0.3 is 0 Å². The van der Waals surface area contributed by atoms with Gasteiger partial charge < -0.3 is 15.5 Å². The third-order valence-corrected chi connectivity index (χ3v) is 6.64. The van der Waals surface area contributed by atoms with Gasteiger partial charge in [-0.1, -0.05) is 12.5 Å². The van der Waals surface area contributed by atoms with Crippen molar-refractivity contribution in [2.24, 2.45) is 4.99 Å². The van der Waals surface area contributed by atoms with Crippen molar-refractivity contribution in [3.05, 3.63) is 30.2 Å². The monoisotopic (exact) mass is 540 g/mol. The molecule has 0 unspecified atom stereocenters. The molecule has 2 aromatic rings. The van der Waals surface area contributed by atoms with Crippen LogP contribution in [-0.2, 0) is 6.54 Å². The van der Waals surface area contributed by atoms with Gasteiger partial charge in [-0.25, -0.2) is 4.99 Å². The zero-order valence-corrected chi connectivity index (χ0v) is 21.2. The van der Waals surface area contributed by atoms with Crippen LogP contribution in [-0.4, -0.2) is 82.2 Å². The summed E-state index contributed by atoms with van der Waals surface area (Å²) in [5.74, 6) is 1.72. The number of rotatable bonds is 6. The van der Waals surface area contributed by atoms with Crippen molar-refractivity contribution in [2.75, 3.05) is 46.3 Å². The van der Waals surface area contributed by atoms with Gasteiger partial charge in [-0.05, 0) is 78.0 Å². The minimum Gasteiger partial charge on any atom is -0.357 e. The standard InChI is InChI=1S/C22H36N8.HI/c1-3-23-21(24-17-20-27-26-19-9-5-8-14-30(19)20)25-18-22(10-15-28(2)16-11-22)29-12-6-4-7-13-29;/h5,8-9,14H,3-4,6-7,10-13,15-18H2,1-2H3,(H2,23,24,25);1H. The summed E-state index contributed by atoms with van der Waals surface area (Å²) in [7, 11) is 2.24. The molecule has 2 aliphatic heterocycles. The smallest absolute Gasteiger partial charge is 0.191 e. The lowest BCUT2D eigenvalue weighted by atomic mass is 9.84. The highest BCUT2D eigenvalue weighted by Crippen LogP contribution is 2.30. The van der Waals surface area contributed by atoms with Crippen LogP contribution < -0.4 is 10.6 Å². The summed E-state index contributed by atoms with van der Waals surface area (Å²) in [5.41, 5.74) is 1.08. The Hall–Kier alpha value is -1.46. The lowest BCUT2D eigenvalue weighted by molar-refractivity contribution is 0.0173. The lowest BCUT2D eigenvalue weighted by Crippen LogP contribution is -2.62. The van der Waals surface area contributed by atoms with Crippen LogP contribution in [0.25, 0.3) is 5.65 Å². The molecule has 2 fully saturated rings. The maximum atomic E-state index is 4.82. The first kappa shape index (κ1) is 24.2. The average Bonchev–Trinajstić information content (AvgIpc) is 3.21. The number of hydrogen-bond acceptors (Lipinski definition) is 5. The second kappa shape index (κ2) is 11.4. The van der Waals surface area contributed by atoms with Gasteiger partial charge in [-0.15, -0.1) is 34.2 Å². The Kier molecular flexibility index (Phi) is 8.91. The molecular formula is C22H37IN8. The van der Waals surface area contributed by atoms with Crippen LogP contribution in [0.3, 0.4) is 0 Å². The molecule has 8 nitrogen and oxygen atoms in total. The van der Waals surface area contributed by atoms with E-state index in [1.165, 1.54) is 45.2 Å². The molecule has 0 bridgehead atoms. The fourth-order valence-electron chi connectivity index (χ4n) is 4.75. The molecule has 9 heteroatoms. The average molecular weight is 540 g/mol. The van der Waals surface area contributed by atoms with Gasteiger partial charge in [0.05, 0.1) is 0 Å². The lowest BCUT2D eigenvalue weighted by Gasteiger charge is -2.50. The number of likely N-dealkylation sites (tertiary alicyclic amines) is 2. The van der Waals surface area contributed by atoms with Crippen LogP contribution in [0.5, 0.6) is 0 Å².